The number of aldehydes is 1. The van der Waals surface area contributed by atoms with Crippen molar-refractivity contribution in [1.82, 2.24) is 0 Å². The van der Waals surface area contributed by atoms with Gasteiger partial charge in [0.2, 0.25) is 0 Å². The Balaban J connectivity index is 2.96. The van der Waals surface area contributed by atoms with Crippen molar-refractivity contribution in [2.75, 3.05) is 7.11 Å². The summed E-state index contributed by atoms with van der Waals surface area (Å²) in [6.07, 6.45) is 0.766. The number of carbonyl (C=O) groups is 2. The fraction of sp³-hybridized carbons (Fsp3) is 0.385. The van der Waals surface area contributed by atoms with Crippen LogP contribution >= 0.6 is 0 Å². The number of ether oxygens (including phenoxy) is 2. The third kappa shape index (κ3) is 3.06. The van der Waals surface area contributed by atoms with Crippen LogP contribution < -0.4 is 4.74 Å². The van der Waals surface area contributed by atoms with Crippen molar-refractivity contribution in [3.8, 4) is 5.75 Å². The largest absolute Gasteiger partial charge is 0.476 e. The Labute approximate surface area is 101 Å². The summed E-state index contributed by atoms with van der Waals surface area (Å²) >= 11 is 0. The first kappa shape index (κ1) is 13.2. The lowest BCUT2D eigenvalue weighted by molar-refractivity contribution is -0.156. The lowest BCUT2D eigenvalue weighted by atomic mass is 10.1. The van der Waals surface area contributed by atoms with E-state index >= 15 is 0 Å². The second-order valence-corrected chi connectivity index (χ2v) is 4.25. The van der Waals surface area contributed by atoms with Crippen LogP contribution in [0.3, 0.4) is 0 Å². The SMILES string of the molecule is COC(=O)C(C)(C)Oc1ccc(C=O)cc1C. The average molecular weight is 236 g/mol. The standard InChI is InChI=1S/C13H16O4/c1-9-7-10(8-14)5-6-11(9)17-13(2,3)12(15)16-4/h5-8H,1-4H3. The van der Waals surface area contributed by atoms with Gasteiger partial charge in [0.15, 0.2) is 5.60 Å². The minimum atomic E-state index is -1.05. The number of rotatable bonds is 4. The van der Waals surface area contributed by atoms with Gasteiger partial charge in [0, 0.05) is 5.56 Å². The van der Waals surface area contributed by atoms with E-state index in [-0.39, 0.29) is 0 Å². The summed E-state index contributed by atoms with van der Waals surface area (Å²) in [5.41, 5.74) is 0.319. The molecule has 0 saturated heterocycles. The zero-order chi connectivity index (χ0) is 13.1. The number of carbonyl (C=O) groups excluding carboxylic acids is 2. The summed E-state index contributed by atoms with van der Waals surface area (Å²) in [6, 6.07) is 5.02. The van der Waals surface area contributed by atoms with Crippen LogP contribution in [0.15, 0.2) is 18.2 Å². The number of methoxy groups -OCH3 is 1. The van der Waals surface area contributed by atoms with Crippen LogP contribution in [0, 0.1) is 6.92 Å². The Bertz CT molecular complexity index is 435. The topological polar surface area (TPSA) is 52.6 Å². The van der Waals surface area contributed by atoms with Gasteiger partial charge in [-0.1, -0.05) is 0 Å². The zero-order valence-corrected chi connectivity index (χ0v) is 10.4. The maximum absolute atomic E-state index is 11.5. The summed E-state index contributed by atoms with van der Waals surface area (Å²) in [5.74, 6) is 0.113. The van der Waals surface area contributed by atoms with Gasteiger partial charge in [-0.25, -0.2) is 4.79 Å². The molecule has 0 N–H and O–H groups in total. The molecule has 0 fully saturated rings. The summed E-state index contributed by atoms with van der Waals surface area (Å²) in [4.78, 5) is 22.1. The molecule has 0 saturated carbocycles. The Morgan fingerprint density at radius 2 is 2.00 bits per heavy atom. The Kier molecular flexibility index (Phi) is 3.89. The van der Waals surface area contributed by atoms with Crippen molar-refractivity contribution >= 4 is 12.3 Å². The third-order valence-electron chi connectivity index (χ3n) is 2.38. The molecule has 0 bridgehead atoms. The van der Waals surface area contributed by atoms with Gasteiger partial charge in [0.05, 0.1) is 7.11 Å². The molecule has 1 aromatic carbocycles. The second kappa shape index (κ2) is 4.99. The molecule has 0 aliphatic heterocycles. The molecule has 0 radical (unpaired) electrons. The number of benzene rings is 1. The molecule has 0 spiro atoms. The van der Waals surface area contributed by atoms with Gasteiger partial charge in [-0.05, 0) is 44.5 Å². The lowest BCUT2D eigenvalue weighted by Crippen LogP contribution is -2.39. The van der Waals surface area contributed by atoms with E-state index in [4.69, 9.17) is 4.74 Å². The van der Waals surface area contributed by atoms with Crippen molar-refractivity contribution in [1.29, 1.82) is 0 Å². The van der Waals surface area contributed by atoms with Crippen LogP contribution in [-0.2, 0) is 9.53 Å². The Morgan fingerprint density at radius 3 is 2.47 bits per heavy atom. The van der Waals surface area contributed by atoms with Gasteiger partial charge in [-0.2, -0.15) is 0 Å². The Hall–Kier alpha value is -1.84. The highest BCUT2D eigenvalue weighted by molar-refractivity contribution is 5.79. The Morgan fingerprint density at radius 1 is 1.35 bits per heavy atom. The van der Waals surface area contributed by atoms with E-state index in [0.717, 1.165) is 11.8 Å². The highest BCUT2D eigenvalue weighted by Gasteiger charge is 2.31. The van der Waals surface area contributed by atoms with Gasteiger partial charge in [-0.15, -0.1) is 0 Å². The number of hydrogen-bond donors (Lipinski definition) is 0. The smallest absolute Gasteiger partial charge is 0.349 e. The van der Waals surface area contributed by atoms with Crippen LogP contribution in [0.4, 0.5) is 0 Å². The van der Waals surface area contributed by atoms with Crippen molar-refractivity contribution in [2.45, 2.75) is 26.4 Å². The van der Waals surface area contributed by atoms with Crippen LogP contribution in [-0.4, -0.2) is 25.0 Å². The summed E-state index contributed by atoms with van der Waals surface area (Å²) < 4.78 is 10.2. The van der Waals surface area contributed by atoms with Crippen molar-refractivity contribution in [2.24, 2.45) is 0 Å². The minimum absolute atomic E-state index is 0.448. The highest BCUT2D eigenvalue weighted by atomic mass is 16.6. The van der Waals surface area contributed by atoms with Gasteiger partial charge >= 0.3 is 5.97 Å². The van der Waals surface area contributed by atoms with Gasteiger partial charge in [0.25, 0.3) is 0 Å². The maximum atomic E-state index is 11.5. The predicted octanol–water partition coefficient (Wildman–Crippen LogP) is 2.14. The zero-order valence-electron chi connectivity index (χ0n) is 10.4. The minimum Gasteiger partial charge on any atom is -0.476 e. The summed E-state index contributed by atoms with van der Waals surface area (Å²) in [6.45, 7) is 5.08. The highest BCUT2D eigenvalue weighted by Crippen LogP contribution is 2.24. The number of hydrogen-bond acceptors (Lipinski definition) is 4. The molecule has 92 valence electrons. The molecule has 1 rings (SSSR count). The van der Waals surface area contributed by atoms with Gasteiger partial charge in [-0.3, -0.25) is 4.79 Å². The average Bonchev–Trinajstić information content (AvgIpc) is 2.30. The van der Waals surface area contributed by atoms with Gasteiger partial charge < -0.3 is 9.47 Å². The molecule has 0 atom stereocenters. The first-order valence-electron chi connectivity index (χ1n) is 5.24. The second-order valence-electron chi connectivity index (χ2n) is 4.25. The molecule has 0 aromatic heterocycles. The van der Waals surface area contributed by atoms with Crippen molar-refractivity contribution < 1.29 is 19.1 Å². The predicted molar refractivity (Wildman–Crippen MR) is 63.3 cm³/mol. The van der Waals surface area contributed by atoms with Crippen LogP contribution in [0.25, 0.3) is 0 Å². The molecular formula is C13H16O4. The third-order valence-corrected chi connectivity index (χ3v) is 2.38. The van der Waals surface area contributed by atoms with E-state index in [1.54, 1.807) is 32.0 Å². The molecule has 0 aliphatic rings. The fourth-order valence-corrected chi connectivity index (χ4v) is 1.42. The lowest BCUT2D eigenvalue weighted by Gasteiger charge is -2.24. The van der Waals surface area contributed by atoms with Gasteiger partial charge in [0.1, 0.15) is 12.0 Å². The van der Waals surface area contributed by atoms with Crippen LogP contribution in [0.2, 0.25) is 0 Å². The molecular weight excluding hydrogens is 220 g/mol. The maximum Gasteiger partial charge on any atom is 0.349 e. The molecule has 0 amide bonds. The number of esters is 1. The first-order chi connectivity index (χ1) is 7.90. The number of aryl methyl sites for hydroxylation is 1. The van der Waals surface area contributed by atoms with Crippen LogP contribution in [0.1, 0.15) is 29.8 Å². The molecule has 4 nitrogen and oxygen atoms in total. The molecule has 17 heavy (non-hydrogen) atoms. The van der Waals surface area contributed by atoms with E-state index in [1.807, 2.05) is 6.92 Å². The first-order valence-corrected chi connectivity index (χ1v) is 5.24. The van der Waals surface area contributed by atoms with E-state index in [2.05, 4.69) is 4.74 Å². The monoisotopic (exact) mass is 236 g/mol. The normalized spacial score (nSPS) is 10.8. The quantitative estimate of drug-likeness (QED) is 0.593. The van der Waals surface area contributed by atoms with Crippen molar-refractivity contribution in [3.05, 3.63) is 29.3 Å². The summed E-state index contributed by atoms with van der Waals surface area (Å²) in [5, 5.41) is 0. The van der Waals surface area contributed by atoms with E-state index in [0.29, 0.717) is 11.3 Å². The molecule has 0 heterocycles. The summed E-state index contributed by atoms with van der Waals surface area (Å²) in [7, 11) is 1.32. The van der Waals surface area contributed by atoms with Crippen molar-refractivity contribution in [3.63, 3.8) is 0 Å². The molecule has 0 aliphatic carbocycles. The molecule has 1 aromatic rings. The fourth-order valence-electron chi connectivity index (χ4n) is 1.42. The van der Waals surface area contributed by atoms with E-state index < -0.39 is 11.6 Å². The van der Waals surface area contributed by atoms with Crippen LogP contribution in [0.5, 0.6) is 5.75 Å². The van der Waals surface area contributed by atoms with E-state index in [1.165, 1.54) is 7.11 Å². The van der Waals surface area contributed by atoms with E-state index in [9.17, 15) is 9.59 Å². The molecule has 4 heteroatoms. The molecule has 0 unspecified atom stereocenters.